The van der Waals surface area contributed by atoms with Crippen LogP contribution >= 0.6 is 0 Å². The summed E-state index contributed by atoms with van der Waals surface area (Å²) in [6, 6.07) is 0. The average molecular weight is 143 g/mol. The maximum Gasteiger partial charge on any atom is 0.112 e. The molecule has 0 amide bonds. The molecule has 58 valence electrons. The first-order chi connectivity index (χ1) is 4.34. The zero-order valence-electron chi connectivity index (χ0n) is 6.52. The highest BCUT2D eigenvalue weighted by atomic mass is 19.0. The Bertz CT molecular complexity index is 149. The molecule has 1 aliphatic heterocycles. The molecular formula is C8H14FN. The maximum absolute atomic E-state index is 2.21. The molecule has 1 unspecified atom stereocenters. The Balaban J connectivity index is 0.000000810. The van der Waals surface area contributed by atoms with Crippen molar-refractivity contribution in [3.05, 3.63) is 24.0 Å². The molecule has 1 atom stereocenters. The van der Waals surface area contributed by atoms with Gasteiger partial charge >= 0.3 is 0 Å². The highest BCUT2D eigenvalue weighted by molar-refractivity contribution is 5.09. The van der Waals surface area contributed by atoms with E-state index in [2.05, 4.69) is 32.3 Å². The zero-order valence-corrected chi connectivity index (χ0v) is 6.52. The summed E-state index contributed by atoms with van der Waals surface area (Å²) in [5.41, 5.74) is 1.51. The fraction of sp³-hybridized carbons (Fsp3) is 0.500. The first kappa shape index (κ1) is 9.37. The molecule has 0 aromatic heterocycles. The fourth-order valence-electron chi connectivity index (χ4n) is 1.10. The van der Waals surface area contributed by atoms with Crippen molar-refractivity contribution in [2.45, 2.75) is 19.8 Å². The number of halogens is 1. The Hall–Kier alpha value is -0.630. The number of rotatable bonds is 2. The van der Waals surface area contributed by atoms with Crippen LogP contribution in [0.1, 0.15) is 19.8 Å². The Morgan fingerprint density at radius 1 is 1.50 bits per heavy atom. The number of allylic oxidation sites excluding steroid dienone is 3. The number of hydrogen-bond acceptors (Lipinski definition) is 0. The lowest BCUT2D eigenvalue weighted by Crippen LogP contribution is -3.01. The van der Waals surface area contributed by atoms with Gasteiger partial charge in [-0.05, 0) is 12.5 Å². The van der Waals surface area contributed by atoms with Crippen molar-refractivity contribution in [3.8, 4) is 0 Å². The van der Waals surface area contributed by atoms with Crippen LogP contribution < -0.4 is 9.60 Å². The minimum Gasteiger partial charge on any atom is -1.00 e. The van der Waals surface area contributed by atoms with E-state index in [1.165, 1.54) is 23.4 Å². The van der Waals surface area contributed by atoms with Crippen molar-refractivity contribution in [2.24, 2.45) is 0 Å². The van der Waals surface area contributed by atoms with Crippen LogP contribution in [0.15, 0.2) is 24.0 Å². The molecular weight excluding hydrogens is 129 g/mol. The smallest absolute Gasteiger partial charge is 0.112 e. The van der Waals surface area contributed by atoms with Crippen molar-refractivity contribution in [3.63, 3.8) is 0 Å². The third kappa shape index (κ3) is 1.95. The highest BCUT2D eigenvalue weighted by Gasteiger charge is 2.08. The van der Waals surface area contributed by atoms with E-state index in [0.717, 1.165) is 0 Å². The molecule has 0 spiro atoms. The lowest BCUT2D eigenvalue weighted by Gasteiger charge is -2.05. The molecule has 0 aliphatic carbocycles. The molecule has 1 N–H and O–H groups in total. The quantitative estimate of drug-likeness (QED) is 0.444. The summed E-state index contributed by atoms with van der Waals surface area (Å²) < 4.78 is 0. The van der Waals surface area contributed by atoms with E-state index in [-0.39, 0.29) is 4.70 Å². The molecule has 0 bridgehead atoms. The summed E-state index contributed by atoms with van der Waals surface area (Å²) in [6.45, 7) is 2.21. The molecule has 2 heteroatoms. The molecule has 1 rings (SSSR count). The summed E-state index contributed by atoms with van der Waals surface area (Å²) in [6.07, 6.45) is 8.99. The summed E-state index contributed by atoms with van der Waals surface area (Å²) in [4.78, 5) is 1.44. The van der Waals surface area contributed by atoms with Gasteiger partial charge < -0.3 is 4.70 Å². The van der Waals surface area contributed by atoms with Crippen molar-refractivity contribution < 1.29 is 9.60 Å². The van der Waals surface area contributed by atoms with Crippen LogP contribution in [0.3, 0.4) is 0 Å². The first-order valence-corrected chi connectivity index (χ1v) is 3.55. The van der Waals surface area contributed by atoms with Crippen LogP contribution in [0.4, 0.5) is 0 Å². The second-order valence-electron chi connectivity index (χ2n) is 2.48. The zero-order chi connectivity index (χ0) is 6.69. The van der Waals surface area contributed by atoms with Gasteiger partial charge in [-0.2, -0.15) is 0 Å². The van der Waals surface area contributed by atoms with Crippen LogP contribution in [0, 0.1) is 0 Å². The van der Waals surface area contributed by atoms with Crippen LogP contribution in [-0.2, 0) is 0 Å². The van der Waals surface area contributed by atoms with Gasteiger partial charge in [0, 0.05) is 12.5 Å². The van der Waals surface area contributed by atoms with Crippen molar-refractivity contribution >= 4 is 0 Å². The summed E-state index contributed by atoms with van der Waals surface area (Å²) in [5, 5.41) is 0. The van der Waals surface area contributed by atoms with E-state index in [1.807, 2.05) is 0 Å². The van der Waals surface area contributed by atoms with Gasteiger partial charge in [0.15, 0.2) is 0 Å². The molecule has 0 saturated carbocycles. The van der Waals surface area contributed by atoms with E-state index in [0.29, 0.717) is 0 Å². The Labute approximate surface area is 61.4 Å². The third-order valence-electron chi connectivity index (χ3n) is 1.67. The van der Waals surface area contributed by atoms with Gasteiger partial charge in [-0.15, -0.1) is 0 Å². The molecule has 1 heterocycles. The normalized spacial score (nSPS) is 22.2. The summed E-state index contributed by atoms with van der Waals surface area (Å²) in [5.74, 6) is 0. The van der Waals surface area contributed by atoms with Crippen LogP contribution in [0.25, 0.3) is 0 Å². The monoisotopic (exact) mass is 143 g/mol. The minimum absolute atomic E-state index is 0. The average Bonchev–Trinajstić information content (AvgIpc) is 2.18. The number of quaternary nitrogens is 1. The highest BCUT2D eigenvalue weighted by Crippen LogP contribution is 1.99. The second-order valence-corrected chi connectivity index (χ2v) is 2.48. The third-order valence-corrected chi connectivity index (χ3v) is 1.67. The molecule has 0 radical (unpaired) electrons. The van der Waals surface area contributed by atoms with Gasteiger partial charge in [-0.1, -0.05) is 6.92 Å². The van der Waals surface area contributed by atoms with E-state index in [1.54, 1.807) is 0 Å². The van der Waals surface area contributed by atoms with Gasteiger partial charge in [-0.25, -0.2) is 0 Å². The van der Waals surface area contributed by atoms with Gasteiger partial charge in [0.1, 0.15) is 5.70 Å². The standard InChI is InChI=1S/C8H13N.FH/c1-3-5-8-6-4-7-9(8)2;/h4,6-7H,3,5H2,1-2H3;1H. The number of hydrogen-bond donors (Lipinski definition) is 1. The lowest BCUT2D eigenvalue weighted by atomic mass is 10.2. The predicted molar refractivity (Wildman–Crippen MR) is 39.0 cm³/mol. The molecule has 0 saturated heterocycles. The number of nitrogens with one attached hydrogen (secondary N) is 1. The van der Waals surface area contributed by atoms with Crippen molar-refractivity contribution in [1.29, 1.82) is 0 Å². The van der Waals surface area contributed by atoms with Crippen LogP contribution in [-0.4, -0.2) is 7.05 Å². The fourth-order valence-corrected chi connectivity index (χ4v) is 1.10. The van der Waals surface area contributed by atoms with Crippen LogP contribution in [0.2, 0.25) is 0 Å². The molecule has 0 fully saturated rings. The predicted octanol–water partition coefficient (Wildman–Crippen LogP) is -2.28. The Morgan fingerprint density at radius 2 is 2.20 bits per heavy atom. The first-order valence-electron chi connectivity index (χ1n) is 3.55. The van der Waals surface area contributed by atoms with Gasteiger partial charge in [0.25, 0.3) is 0 Å². The van der Waals surface area contributed by atoms with E-state index in [4.69, 9.17) is 0 Å². The largest absolute Gasteiger partial charge is 1.00 e. The van der Waals surface area contributed by atoms with Crippen molar-refractivity contribution in [2.75, 3.05) is 7.05 Å². The van der Waals surface area contributed by atoms with Gasteiger partial charge in [0.2, 0.25) is 0 Å². The maximum atomic E-state index is 2.21. The summed E-state index contributed by atoms with van der Waals surface area (Å²) >= 11 is 0. The lowest BCUT2D eigenvalue weighted by molar-refractivity contribution is -0.780. The van der Waals surface area contributed by atoms with Crippen LogP contribution in [0.5, 0.6) is 0 Å². The Morgan fingerprint density at radius 3 is 2.60 bits per heavy atom. The van der Waals surface area contributed by atoms with Gasteiger partial charge in [-0.3, -0.25) is 4.90 Å². The SMILES string of the molecule is CCCC1=CC=C[NH+]1C.[F-]. The molecule has 1 aliphatic rings. The van der Waals surface area contributed by atoms with Gasteiger partial charge in [0.05, 0.1) is 13.2 Å². The van der Waals surface area contributed by atoms with E-state index in [9.17, 15) is 0 Å². The minimum atomic E-state index is 0. The topological polar surface area (TPSA) is 4.44 Å². The molecule has 1 nitrogen and oxygen atoms in total. The molecule has 0 aromatic carbocycles. The van der Waals surface area contributed by atoms with E-state index < -0.39 is 0 Å². The van der Waals surface area contributed by atoms with E-state index >= 15 is 0 Å². The summed E-state index contributed by atoms with van der Waals surface area (Å²) in [7, 11) is 2.17. The second kappa shape index (κ2) is 4.23. The molecule has 10 heavy (non-hydrogen) atoms. The Kier molecular flexibility index (Phi) is 3.96. The molecule has 0 aromatic rings. The van der Waals surface area contributed by atoms with Crippen molar-refractivity contribution in [1.82, 2.24) is 0 Å².